The number of fused-ring (bicyclic) bond motifs is 2. The van der Waals surface area contributed by atoms with E-state index in [1.807, 2.05) is 6.07 Å². The molecule has 0 atom stereocenters. The molecular weight excluding hydrogens is 346 g/mol. The molecule has 0 unspecified atom stereocenters. The topological polar surface area (TPSA) is 37.8 Å². The summed E-state index contributed by atoms with van der Waals surface area (Å²) in [6.45, 7) is 7.54. The second-order valence-electron chi connectivity index (χ2n) is 6.87. The summed E-state index contributed by atoms with van der Waals surface area (Å²) in [5.74, 6) is 1.72. The van der Waals surface area contributed by atoms with Gasteiger partial charge in [0, 0.05) is 32.7 Å². The number of aryl methyl sites for hydroxylation is 1. The maximum absolute atomic E-state index is 5.49. The van der Waals surface area contributed by atoms with Gasteiger partial charge in [-0.15, -0.1) is 0 Å². The zero-order valence-corrected chi connectivity index (χ0v) is 15.6. The molecule has 0 N–H and O–H groups in total. The zero-order valence-electron chi connectivity index (χ0n) is 14.8. The van der Waals surface area contributed by atoms with Crippen molar-refractivity contribution in [2.24, 2.45) is 0 Å². The smallest absolute Gasteiger partial charge is 0.231 e. The predicted octanol–water partition coefficient (Wildman–Crippen LogP) is 3.66. The molecule has 5 rings (SSSR count). The van der Waals surface area contributed by atoms with Crippen LogP contribution in [-0.2, 0) is 6.54 Å². The maximum Gasteiger partial charge on any atom is 0.231 e. The van der Waals surface area contributed by atoms with Crippen molar-refractivity contribution in [3.8, 4) is 11.5 Å². The molecule has 2 aliphatic rings. The van der Waals surface area contributed by atoms with Crippen LogP contribution in [0.25, 0.3) is 10.2 Å². The highest BCUT2D eigenvalue weighted by Gasteiger charge is 2.21. The second-order valence-corrected chi connectivity index (χ2v) is 7.88. The number of para-hydroxylation sites is 1. The Morgan fingerprint density at radius 2 is 1.88 bits per heavy atom. The summed E-state index contributed by atoms with van der Waals surface area (Å²) < 4.78 is 12.2. The van der Waals surface area contributed by atoms with Crippen LogP contribution in [0, 0.1) is 6.92 Å². The van der Waals surface area contributed by atoms with Crippen molar-refractivity contribution in [2.75, 3.05) is 37.9 Å². The van der Waals surface area contributed by atoms with Crippen molar-refractivity contribution in [2.45, 2.75) is 13.5 Å². The number of anilines is 1. The highest BCUT2D eigenvalue weighted by atomic mass is 32.1. The van der Waals surface area contributed by atoms with E-state index in [4.69, 9.17) is 14.5 Å². The van der Waals surface area contributed by atoms with Gasteiger partial charge in [0.25, 0.3) is 0 Å². The van der Waals surface area contributed by atoms with Crippen LogP contribution in [0.2, 0.25) is 0 Å². The average Bonchev–Trinajstić information content (AvgIpc) is 3.29. The number of hydrogen-bond acceptors (Lipinski definition) is 6. The molecule has 5 nitrogen and oxygen atoms in total. The molecule has 2 aromatic carbocycles. The third-order valence-corrected chi connectivity index (χ3v) is 6.18. The molecule has 0 radical (unpaired) electrons. The molecule has 0 amide bonds. The van der Waals surface area contributed by atoms with Crippen LogP contribution in [0.4, 0.5) is 5.13 Å². The number of ether oxygens (including phenoxy) is 2. The standard InChI is InChI=1S/C20H21N3O2S/c1-14-3-2-4-18-19(14)21-20(26-18)23-9-7-22(8-10-23)12-15-5-6-16-17(11-15)25-13-24-16/h2-6,11H,7-10,12-13H2,1H3. The maximum atomic E-state index is 5.49. The summed E-state index contributed by atoms with van der Waals surface area (Å²) in [5.41, 5.74) is 3.68. The monoisotopic (exact) mass is 367 g/mol. The highest BCUT2D eigenvalue weighted by molar-refractivity contribution is 7.22. The van der Waals surface area contributed by atoms with Crippen molar-refractivity contribution in [3.63, 3.8) is 0 Å². The summed E-state index contributed by atoms with van der Waals surface area (Å²) in [4.78, 5) is 9.79. The Labute approximate surface area is 156 Å². The van der Waals surface area contributed by atoms with Crippen LogP contribution >= 0.6 is 11.3 Å². The average molecular weight is 367 g/mol. The second kappa shape index (κ2) is 6.45. The van der Waals surface area contributed by atoms with E-state index in [1.54, 1.807) is 11.3 Å². The molecule has 1 fully saturated rings. The Balaban J connectivity index is 1.25. The molecule has 0 bridgehead atoms. The summed E-state index contributed by atoms with van der Waals surface area (Å²) in [5, 5.41) is 1.15. The van der Waals surface area contributed by atoms with Crippen molar-refractivity contribution in [1.29, 1.82) is 0 Å². The highest BCUT2D eigenvalue weighted by Crippen LogP contribution is 2.33. The van der Waals surface area contributed by atoms with Crippen molar-refractivity contribution < 1.29 is 9.47 Å². The fourth-order valence-electron chi connectivity index (χ4n) is 3.60. The molecule has 6 heteroatoms. The first-order chi connectivity index (χ1) is 12.8. The first-order valence-electron chi connectivity index (χ1n) is 8.98. The fraction of sp³-hybridized carbons (Fsp3) is 0.350. The first-order valence-corrected chi connectivity index (χ1v) is 9.80. The minimum absolute atomic E-state index is 0.332. The van der Waals surface area contributed by atoms with Crippen molar-refractivity contribution in [1.82, 2.24) is 9.88 Å². The SMILES string of the molecule is Cc1cccc2sc(N3CCN(Cc4ccc5c(c4)OCO5)CC3)nc12. The summed E-state index contributed by atoms with van der Waals surface area (Å²) in [6.07, 6.45) is 0. The molecule has 134 valence electrons. The van der Waals surface area contributed by atoms with Gasteiger partial charge in [-0.2, -0.15) is 0 Å². The summed E-state index contributed by atoms with van der Waals surface area (Å²) in [6, 6.07) is 12.7. The molecule has 26 heavy (non-hydrogen) atoms. The lowest BCUT2D eigenvalue weighted by Crippen LogP contribution is -2.45. The number of aromatic nitrogens is 1. The Hall–Kier alpha value is -2.31. The molecule has 0 aliphatic carbocycles. The van der Waals surface area contributed by atoms with Crippen LogP contribution in [0.5, 0.6) is 11.5 Å². The molecule has 0 saturated carbocycles. The predicted molar refractivity (Wildman–Crippen MR) is 104 cm³/mol. The number of thiazole rings is 1. The third-order valence-electron chi connectivity index (χ3n) is 5.10. The van der Waals surface area contributed by atoms with Crippen LogP contribution in [0.3, 0.4) is 0 Å². The largest absolute Gasteiger partial charge is 0.454 e. The van der Waals surface area contributed by atoms with Crippen LogP contribution in [-0.4, -0.2) is 42.9 Å². The van der Waals surface area contributed by atoms with Crippen molar-refractivity contribution >= 4 is 26.7 Å². The van der Waals surface area contributed by atoms with Crippen LogP contribution in [0.1, 0.15) is 11.1 Å². The van der Waals surface area contributed by atoms with Crippen LogP contribution < -0.4 is 14.4 Å². The lowest BCUT2D eigenvalue weighted by molar-refractivity contribution is 0.174. The quantitative estimate of drug-likeness (QED) is 0.706. The molecule has 3 heterocycles. The van der Waals surface area contributed by atoms with Gasteiger partial charge in [0.1, 0.15) is 0 Å². The molecule has 1 saturated heterocycles. The van der Waals surface area contributed by atoms with E-state index in [9.17, 15) is 0 Å². The van der Waals surface area contributed by atoms with E-state index in [1.165, 1.54) is 15.8 Å². The van der Waals surface area contributed by atoms with Crippen LogP contribution in [0.15, 0.2) is 36.4 Å². The Kier molecular flexibility index (Phi) is 3.94. The van der Waals surface area contributed by atoms with Gasteiger partial charge in [0.15, 0.2) is 16.6 Å². The summed E-state index contributed by atoms with van der Waals surface area (Å²) >= 11 is 1.80. The van der Waals surface area contributed by atoms with Gasteiger partial charge in [0.2, 0.25) is 6.79 Å². The van der Waals surface area contributed by atoms with E-state index >= 15 is 0 Å². The Morgan fingerprint density at radius 3 is 2.73 bits per heavy atom. The van der Waals surface area contributed by atoms with Gasteiger partial charge < -0.3 is 14.4 Å². The molecule has 0 spiro atoms. The molecule has 3 aromatic rings. The minimum Gasteiger partial charge on any atom is -0.454 e. The molecule has 1 aromatic heterocycles. The van der Waals surface area contributed by atoms with Gasteiger partial charge >= 0.3 is 0 Å². The molecule has 2 aliphatic heterocycles. The first kappa shape index (κ1) is 15.9. The van der Waals surface area contributed by atoms with Crippen molar-refractivity contribution in [3.05, 3.63) is 47.5 Å². The molecular formula is C20H21N3O2S. The van der Waals surface area contributed by atoms with Gasteiger partial charge in [-0.3, -0.25) is 4.90 Å². The fourth-order valence-corrected chi connectivity index (χ4v) is 4.70. The summed E-state index contributed by atoms with van der Waals surface area (Å²) in [7, 11) is 0. The normalized spacial score (nSPS) is 17.2. The van der Waals surface area contributed by atoms with Gasteiger partial charge in [-0.1, -0.05) is 29.5 Å². The Bertz CT molecular complexity index is 947. The number of piperazine rings is 1. The van der Waals surface area contributed by atoms with E-state index < -0.39 is 0 Å². The van der Waals surface area contributed by atoms with E-state index in [0.29, 0.717) is 6.79 Å². The van der Waals surface area contributed by atoms with Gasteiger partial charge in [0.05, 0.1) is 10.2 Å². The zero-order chi connectivity index (χ0) is 17.5. The lowest BCUT2D eigenvalue weighted by Gasteiger charge is -2.34. The van der Waals surface area contributed by atoms with Gasteiger partial charge in [-0.05, 0) is 36.2 Å². The number of nitrogens with zero attached hydrogens (tertiary/aromatic N) is 3. The Morgan fingerprint density at radius 1 is 1.04 bits per heavy atom. The lowest BCUT2D eigenvalue weighted by atomic mass is 10.1. The van der Waals surface area contributed by atoms with Gasteiger partial charge in [-0.25, -0.2) is 4.98 Å². The third kappa shape index (κ3) is 2.89. The number of benzene rings is 2. The number of hydrogen-bond donors (Lipinski definition) is 0. The van der Waals surface area contributed by atoms with E-state index in [0.717, 1.165) is 54.9 Å². The number of rotatable bonds is 3. The van der Waals surface area contributed by atoms with E-state index in [-0.39, 0.29) is 0 Å². The minimum atomic E-state index is 0.332. The van der Waals surface area contributed by atoms with E-state index in [2.05, 4.69) is 47.1 Å².